The minimum Gasteiger partial charge on any atom is -0.336 e. The molecule has 1 aromatic rings. The molecule has 0 aliphatic rings. The molecule has 0 N–H and O–H groups in total. The Morgan fingerprint density at radius 3 is 2.70 bits per heavy atom. The zero-order valence-electron chi connectivity index (χ0n) is 6.11. The second-order valence-corrected chi connectivity index (χ2v) is 2.44. The van der Waals surface area contributed by atoms with Crippen LogP contribution in [-0.2, 0) is 0 Å². The first-order valence-electron chi connectivity index (χ1n) is 3.24. The average molecular weight is 138 g/mol. The van der Waals surface area contributed by atoms with Gasteiger partial charge >= 0.3 is 0 Å². The van der Waals surface area contributed by atoms with Crippen molar-refractivity contribution in [1.29, 1.82) is 0 Å². The average Bonchev–Trinajstić information content (AvgIpc) is 1.88. The fourth-order valence-corrected chi connectivity index (χ4v) is 0.660. The van der Waals surface area contributed by atoms with Gasteiger partial charge in [-0.3, -0.25) is 4.79 Å². The smallest absolute Gasteiger partial charge is 0.272 e. The molecule has 0 aliphatic carbocycles. The molecule has 0 aromatic carbocycles. The van der Waals surface area contributed by atoms with Crippen molar-refractivity contribution in [3.63, 3.8) is 0 Å². The Labute approximate surface area is 59.3 Å². The third-order valence-electron chi connectivity index (χ3n) is 1.30. The summed E-state index contributed by atoms with van der Waals surface area (Å²) in [6.07, 6.45) is 3.28. The number of nitrogens with zero attached hydrogens (tertiary/aromatic N) is 2. The molecule has 3 heteroatoms. The topological polar surface area (TPSA) is 34.9 Å². The third kappa shape index (κ3) is 1.43. The van der Waals surface area contributed by atoms with Gasteiger partial charge in [-0.25, -0.2) is 0 Å². The minimum absolute atomic E-state index is 0.183. The molecule has 1 heterocycles. The Bertz CT molecular complexity index is 244. The van der Waals surface area contributed by atoms with Crippen LogP contribution < -0.4 is 5.56 Å². The molecule has 0 spiro atoms. The van der Waals surface area contributed by atoms with Crippen molar-refractivity contribution in [2.24, 2.45) is 0 Å². The maximum absolute atomic E-state index is 10.5. The Morgan fingerprint density at radius 2 is 2.30 bits per heavy atom. The Kier molecular flexibility index (Phi) is 1.85. The largest absolute Gasteiger partial charge is 0.336 e. The van der Waals surface area contributed by atoms with Crippen LogP contribution in [0.1, 0.15) is 19.9 Å². The van der Waals surface area contributed by atoms with Gasteiger partial charge in [-0.2, -0.15) is 4.98 Å². The van der Waals surface area contributed by atoms with Crippen molar-refractivity contribution in [2.75, 3.05) is 0 Å². The summed E-state index contributed by atoms with van der Waals surface area (Å²) < 4.78 is 1.88. The van der Waals surface area contributed by atoms with Crippen LogP contribution in [0.4, 0.5) is 0 Å². The van der Waals surface area contributed by atoms with Crippen molar-refractivity contribution < 1.29 is 0 Å². The molecule has 0 saturated heterocycles. The number of hydrogen-bond acceptors (Lipinski definition) is 2. The van der Waals surface area contributed by atoms with Crippen LogP contribution in [0.3, 0.4) is 0 Å². The maximum Gasteiger partial charge on any atom is 0.272 e. The zero-order valence-corrected chi connectivity index (χ0v) is 6.11. The molecule has 0 saturated carbocycles. The number of aromatic nitrogens is 2. The fourth-order valence-electron chi connectivity index (χ4n) is 0.660. The van der Waals surface area contributed by atoms with Gasteiger partial charge < -0.3 is 4.57 Å². The van der Waals surface area contributed by atoms with E-state index < -0.39 is 0 Å². The minimum atomic E-state index is -0.183. The van der Waals surface area contributed by atoms with Crippen LogP contribution in [0.15, 0.2) is 23.4 Å². The molecule has 10 heavy (non-hydrogen) atoms. The predicted octanol–water partition coefficient (Wildman–Crippen LogP) is 0.824. The normalized spacial score (nSPS) is 10.3. The quantitative estimate of drug-likeness (QED) is 0.576. The Morgan fingerprint density at radius 1 is 1.60 bits per heavy atom. The summed E-state index contributed by atoms with van der Waals surface area (Å²) in [5.74, 6) is 0. The lowest BCUT2D eigenvalue weighted by atomic mass is 10.4. The molecule has 0 radical (unpaired) electrons. The van der Waals surface area contributed by atoms with Gasteiger partial charge in [-0.15, -0.1) is 0 Å². The third-order valence-corrected chi connectivity index (χ3v) is 1.30. The predicted molar refractivity (Wildman–Crippen MR) is 38.9 cm³/mol. The van der Waals surface area contributed by atoms with Gasteiger partial charge in [0.1, 0.15) is 0 Å². The molecular formula is C7H10N2O. The molecule has 0 fully saturated rings. The van der Waals surface area contributed by atoms with Crippen molar-refractivity contribution in [3.8, 4) is 0 Å². The van der Waals surface area contributed by atoms with Crippen LogP contribution in [0.5, 0.6) is 0 Å². The van der Waals surface area contributed by atoms with E-state index in [1.54, 1.807) is 12.5 Å². The summed E-state index contributed by atoms with van der Waals surface area (Å²) in [6.45, 7) is 4.07. The zero-order chi connectivity index (χ0) is 7.56. The second-order valence-electron chi connectivity index (χ2n) is 2.44. The van der Waals surface area contributed by atoms with Crippen molar-refractivity contribution in [3.05, 3.63) is 28.9 Å². The molecule has 0 unspecified atom stereocenters. The highest BCUT2D eigenvalue weighted by atomic mass is 16.1. The molecule has 54 valence electrons. The molecule has 0 amide bonds. The van der Waals surface area contributed by atoms with E-state index in [1.165, 1.54) is 6.07 Å². The van der Waals surface area contributed by atoms with Gasteiger partial charge in [0.25, 0.3) is 5.56 Å². The Hall–Kier alpha value is -1.12. The van der Waals surface area contributed by atoms with Gasteiger partial charge in [0.15, 0.2) is 0 Å². The Balaban J connectivity index is 3.00. The van der Waals surface area contributed by atoms with Crippen LogP contribution in [0.2, 0.25) is 0 Å². The monoisotopic (exact) mass is 138 g/mol. The highest BCUT2D eigenvalue weighted by Gasteiger charge is 1.92. The molecule has 3 nitrogen and oxygen atoms in total. The van der Waals surface area contributed by atoms with Gasteiger partial charge in [-0.1, -0.05) is 0 Å². The second kappa shape index (κ2) is 2.64. The number of rotatable bonds is 1. The summed E-state index contributed by atoms with van der Waals surface area (Å²) in [6, 6.07) is 1.83. The highest BCUT2D eigenvalue weighted by molar-refractivity contribution is 4.82. The lowest BCUT2D eigenvalue weighted by Crippen LogP contribution is -2.09. The summed E-state index contributed by atoms with van der Waals surface area (Å²) in [5, 5.41) is 0. The number of hydrogen-bond donors (Lipinski definition) is 0. The van der Waals surface area contributed by atoms with E-state index in [1.807, 2.05) is 18.4 Å². The van der Waals surface area contributed by atoms with E-state index >= 15 is 0 Å². The molecular weight excluding hydrogens is 128 g/mol. The van der Waals surface area contributed by atoms with Crippen LogP contribution in [0, 0.1) is 0 Å². The van der Waals surface area contributed by atoms with E-state index in [2.05, 4.69) is 4.98 Å². The SMILES string of the molecule is CC(C)n1ccc(=O)nc1. The highest BCUT2D eigenvalue weighted by Crippen LogP contribution is 1.98. The first-order valence-corrected chi connectivity index (χ1v) is 3.24. The summed E-state index contributed by atoms with van der Waals surface area (Å²) in [7, 11) is 0. The van der Waals surface area contributed by atoms with Crippen LogP contribution >= 0.6 is 0 Å². The van der Waals surface area contributed by atoms with Gasteiger partial charge in [0.05, 0.1) is 6.33 Å². The first-order chi connectivity index (χ1) is 4.70. The van der Waals surface area contributed by atoms with E-state index in [4.69, 9.17) is 0 Å². The van der Waals surface area contributed by atoms with Crippen molar-refractivity contribution in [1.82, 2.24) is 9.55 Å². The van der Waals surface area contributed by atoms with E-state index in [-0.39, 0.29) is 5.56 Å². The van der Waals surface area contributed by atoms with Gasteiger partial charge in [-0.05, 0) is 13.8 Å². The molecule has 1 aromatic heterocycles. The van der Waals surface area contributed by atoms with E-state index in [0.29, 0.717) is 6.04 Å². The molecule has 1 rings (SSSR count). The van der Waals surface area contributed by atoms with Crippen molar-refractivity contribution in [2.45, 2.75) is 19.9 Å². The van der Waals surface area contributed by atoms with Crippen molar-refractivity contribution >= 4 is 0 Å². The summed E-state index contributed by atoms with van der Waals surface area (Å²) >= 11 is 0. The standard InChI is InChI=1S/C7H10N2O/c1-6(2)9-4-3-7(10)8-5-9/h3-6H,1-2H3. The van der Waals surface area contributed by atoms with Crippen LogP contribution in [-0.4, -0.2) is 9.55 Å². The summed E-state index contributed by atoms with van der Waals surface area (Å²) in [5.41, 5.74) is -0.183. The molecule has 0 atom stereocenters. The first kappa shape index (κ1) is 6.99. The van der Waals surface area contributed by atoms with E-state index in [0.717, 1.165) is 0 Å². The van der Waals surface area contributed by atoms with Gasteiger partial charge in [0.2, 0.25) is 0 Å². The van der Waals surface area contributed by atoms with Gasteiger partial charge in [0, 0.05) is 18.3 Å². The summed E-state index contributed by atoms with van der Waals surface area (Å²) in [4.78, 5) is 14.1. The molecule has 0 aliphatic heterocycles. The lowest BCUT2D eigenvalue weighted by Gasteiger charge is -2.06. The lowest BCUT2D eigenvalue weighted by molar-refractivity contribution is 0.583. The molecule has 0 bridgehead atoms. The fraction of sp³-hybridized carbons (Fsp3) is 0.429. The van der Waals surface area contributed by atoms with Crippen LogP contribution in [0.25, 0.3) is 0 Å². The van der Waals surface area contributed by atoms with E-state index in [9.17, 15) is 4.79 Å². The maximum atomic E-state index is 10.5.